The first-order valence-electron chi connectivity index (χ1n) is 3.58. The lowest BCUT2D eigenvalue weighted by Crippen LogP contribution is -2.23. The minimum absolute atomic E-state index is 1.06. The molecule has 1 heterocycles. The van der Waals surface area contributed by atoms with Crippen molar-refractivity contribution in [3.8, 4) is 0 Å². The number of rotatable bonds is 1. The molecule has 0 spiro atoms. The zero-order chi connectivity index (χ0) is 9.56. The number of imidazole rings is 1. The smallest absolute Gasteiger partial charge is 0.243 e. The third-order valence-corrected chi connectivity index (χ3v) is 1.19. The zero-order valence-electron chi connectivity index (χ0n) is 7.56. The quantitative estimate of drug-likeness (QED) is 0.456. The van der Waals surface area contributed by atoms with Gasteiger partial charge in [0, 0.05) is 0 Å². The van der Waals surface area contributed by atoms with E-state index in [9.17, 15) is 0 Å². The van der Waals surface area contributed by atoms with Crippen molar-refractivity contribution in [2.75, 3.05) is 6.26 Å². The fourth-order valence-corrected chi connectivity index (χ4v) is 0.689. The molecular formula is C7H14N2O2S. The summed E-state index contributed by atoms with van der Waals surface area (Å²) in [7, 11) is 2.02. The van der Waals surface area contributed by atoms with Gasteiger partial charge in [-0.15, -0.1) is 0 Å². The maximum absolute atomic E-state index is 9.00. The summed E-state index contributed by atoms with van der Waals surface area (Å²) in [6, 6.07) is 0. The molecule has 1 aromatic heterocycles. The standard InChI is InChI=1S/C6H11N2.CH4O2S/c1-3-8-5-4-7(2)6-8;1-4(2)3/h4-6H,3H2,1-2H3;1H3,(H,2,3)/q+1;/p-1. The third-order valence-electron chi connectivity index (χ3n) is 1.19. The fraction of sp³-hybridized carbons (Fsp3) is 0.571. The van der Waals surface area contributed by atoms with Gasteiger partial charge >= 0.3 is 0 Å². The summed E-state index contributed by atoms with van der Waals surface area (Å²) in [5, 5.41) is 0. The van der Waals surface area contributed by atoms with Gasteiger partial charge in [-0.25, -0.2) is 9.13 Å². The highest BCUT2D eigenvalue weighted by molar-refractivity contribution is 7.78. The van der Waals surface area contributed by atoms with Crippen LogP contribution in [0.5, 0.6) is 0 Å². The third kappa shape index (κ3) is 6.06. The number of nitrogens with zero attached hydrogens (tertiary/aromatic N) is 2. The molecule has 0 aromatic carbocycles. The molecule has 12 heavy (non-hydrogen) atoms. The average molecular weight is 190 g/mol. The zero-order valence-corrected chi connectivity index (χ0v) is 8.37. The number of hydrogen-bond acceptors (Lipinski definition) is 2. The summed E-state index contributed by atoms with van der Waals surface area (Å²) in [5.74, 6) is 0. The summed E-state index contributed by atoms with van der Waals surface area (Å²) in [4.78, 5) is 0. The molecule has 0 fully saturated rings. The van der Waals surface area contributed by atoms with Crippen LogP contribution in [0.4, 0.5) is 0 Å². The Bertz CT molecular complexity index is 243. The molecule has 0 amide bonds. The molecule has 1 atom stereocenters. The Labute approximate surface area is 75.1 Å². The van der Waals surface area contributed by atoms with Gasteiger partial charge in [0.05, 0.1) is 13.6 Å². The van der Waals surface area contributed by atoms with E-state index >= 15 is 0 Å². The van der Waals surface area contributed by atoms with Crippen LogP contribution in [0.25, 0.3) is 0 Å². The van der Waals surface area contributed by atoms with Crippen molar-refractivity contribution in [1.29, 1.82) is 0 Å². The number of aromatic nitrogens is 2. The maximum atomic E-state index is 9.00. The van der Waals surface area contributed by atoms with Gasteiger partial charge in [-0.1, -0.05) is 11.1 Å². The molecule has 0 bridgehead atoms. The first-order valence-corrected chi connectivity index (χ1v) is 5.06. The van der Waals surface area contributed by atoms with Gasteiger partial charge in [0.15, 0.2) is 0 Å². The van der Waals surface area contributed by atoms with Crippen molar-refractivity contribution in [3.05, 3.63) is 18.7 Å². The van der Waals surface area contributed by atoms with E-state index in [1.54, 1.807) is 0 Å². The minimum atomic E-state index is -1.86. The first-order chi connectivity index (χ1) is 5.56. The monoisotopic (exact) mass is 190 g/mol. The van der Waals surface area contributed by atoms with Crippen molar-refractivity contribution in [3.63, 3.8) is 0 Å². The van der Waals surface area contributed by atoms with E-state index in [4.69, 9.17) is 8.76 Å². The van der Waals surface area contributed by atoms with Crippen LogP contribution < -0.4 is 4.57 Å². The lowest BCUT2D eigenvalue weighted by atomic mass is 10.7. The molecule has 0 saturated carbocycles. The van der Waals surface area contributed by atoms with Crippen LogP contribution in [0.15, 0.2) is 18.7 Å². The molecule has 0 N–H and O–H groups in total. The normalized spacial score (nSPS) is 11.7. The lowest BCUT2D eigenvalue weighted by molar-refractivity contribution is -0.671. The molecule has 0 aliphatic carbocycles. The lowest BCUT2D eigenvalue weighted by Gasteiger charge is -1.85. The first kappa shape index (κ1) is 11.3. The molecule has 0 aliphatic rings. The maximum Gasteiger partial charge on any atom is 0.243 e. The van der Waals surface area contributed by atoms with Crippen LogP contribution in [0.2, 0.25) is 0 Å². The minimum Gasteiger partial charge on any atom is -0.773 e. The van der Waals surface area contributed by atoms with Gasteiger partial charge < -0.3 is 4.55 Å². The second kappa shape index (κ2) is 5.91. The Morgan fingerprint density at radius 3 is 2.33 bits per heavy atom. The Morgan fingerprint density at radius 1 is 1.67 bits per heavy atom. The van der Waals surface area contributed by atoms with E-state index in [0.717, 1.165) is 12.8 Å². The Balaban J connectivity index is 0.000000261. The second-order valence-electron chi connectivity index (χ2n) is 2.31. The van der Waals surface area contributed by atoms with Crippen LogP contribution in [0, 0.1) is 0 Å². The highest BCUT2D eigenvalue weighted by atomic mass is 32.2. The molecule has 70 valence electrons. The molecule has 0 aliphatic heterocycles. The van der Waals surface area contributed by atoms with E-state index in [2.05, 4.69) is 24.0 Å². The van der Waals surface area contributed by atoms with Gasteiger partial charge in [-0.3, -0.25) is 4.21 Å². The highest BCUT2D eigenvalue weighted by Gasteiger charge is 1.92. The van der Waals surface area contributed by atoms with Gasteiger partial charge in [0.25, 0.3) is 0 Å². The summed E-state index contributed by atoms with van der Waals surface area (Å²) in [6.45, 7) is 3.18. The van der Waals surface area contributed by atoms with Crippen LogP contribution >= 0.6 is 0 Å². The van der Waals surface area contributed by atoms with E-state index in [-0.39, 0.29) is 0 Å². The van der Waals surface area contributed by atoms with Gasteiger partial charge in [-0.2, -0.15) is 0 Å². The summed E-state index contributed by atoms with van der Waals surface area (Å²) in [5.41, 5.74) is 0. The van der Waals surface area contributed by atoms with Crippen LogP contribution in [-0.4, -0.2) is 19.6 Å². The summed E-state index contributed by atoms with van der Waals surface area (Å²) >= 11 is -1.86. The van der Waals surface area contributed by atoms with Crippen LogP contribution in [0.1, 0.15) is 6.92 Å². The predicted octanol–water partition coefficient (Wildman–Crippen LogP) is -0.172. The SMILES string of the molecule is CCn1cc[n+](C)c1.CS(=O)[O-]. The highest BCUT2D eigenvalue weighted by Crippen LogP contribution is 1.79. The summed E-state index contributed by atoms with van der Waals surface area (Å²) in [6.07, 6.45) is 7.23. The van der Waals surface area contributed by atoms with Crippen molar-refractivity contribution in [2.45, 2.75) is 13.5 Å². The molecule has 1 aromatic rings. The van der Waals surface area contributed by atoms with Gasteiger partial charge in [0.2, 0.25) is 6.33 Å². The van der Waals surface area contributed by atoms with Gasteiger partial charge in [0.1, 0.15) is 12.4 Å². The molecule has 5 heteroatoms. The van der Waals surface area contributed by atoms with Crippen molar-refractivity contribution < 1.29 is 13.3 Å². The molecule has 0 saturated heterocycles. The molecule has 1 unspecified atom stereocenters. The average Bonchev–Trinajstić information content (AvgIpc) is 2.34. The Kier molecular flexibility index (Phi) is 5.57. The molecule has 4 nitrogen and oxygen atoms in total. The van der Waals surface area contributed by atoms with E-state index < -0.39 is 11.1 Å². The number of hydrogen-bond donors (Lipinski definition) is 0. The van der Waals surface area contributed by atoms with Crippen LogP contribution in [-0.2, 0) is 24.7 Å². The Morgan fingerprint density at radius 2 is 2.17 bits per heavy atom. The van der Waals surface area contributed by atoms with Crippen LogP contribution in [0.3, 0.4) is 0 Å². The van der Waals surface area contributed by atoms with Crippen molar-refractivity contribution in [2.24, 2.45) is 7.05 Å². The molecular weight excluding hydrogens is 176 g/mol. The largest absolute Gasteiger partial charge is 0.773 e. The predicted molar refractivity (Wildman–Crippen MR) is 46.1 cm³/mol. The van der Waals surface area contributed by atoms with E-state index in [1.165, 1.54) is 0 Å². The van der Waals surface area contributed by atoms with Crippen molar-refractivity contribution >= 4 is 11.1 Å². The van der Waals surface area contributed by atoms with E-state index in [1.807, 2.05) is 17.8 Å². The van der Waals surface area contributed by atoms with Gasteiger partial charge in [-0.05, 0) is 13.2 Å². The topological polar surface area (TPSA) is 48.9 Å². The Hall–Kier alpha value is -0.680. The summed E-state index contributed by atoms with van der Waals surface area (Å²) < 4.78 is 22.2. The second-order valence-corrected chi connectivity index (χ2v) is 3.11. The van der Waals surface area contributed by atoms with Crippen molar-refractivity contribution in [1.82, 2.24) is 4.57 Å². The fourth-order valence-electron chi connectivity index (χ4n) is 0.689. The molecule has 0 radical (unpaired) electrons. The van der Waals surface area contributed by atoms with E-state index in [0.29, 0.717) is 0 Å². The number of aryl methyl sites for hydroxylation is 2. The molecule has 1 rings (SSSR count).